The molecule has 0 saturated carbocycles. The first-order chi connectivity index (χ1) is 15.9. The van der Waals surface area contributed by atoms with Crippen LogP contribution >= 0.6 is 0 Å². The van der Waals surface area contributed by atoms with Crippen LogP contribution in [0.4, 0.5) is 0 Å². The van der Waals surface area contributed by atoms with Crippen molar-refractivity contribution in [1.82, 2.24) is 9.55 Å². The van der Waals surface area contributed by atoms with Crippen LogP contribution in [0.3, 0.4) is 0 Å². The Balaban J connectivity index is 1.42. The smallest absolute Gasteiger partial charge is 0.161 e. The zero-order valence-electron chi connectivity index (χ0n) is 17.2. The van der Waals surface area contributed by atoms with Crippen LogP contribution in [0.25, 0.3) is 60.7 Å². The Morgan fingerprint density at radius 1 is 0.594 bits per heavy atom. The lowest BCUT2D eigenvalue weighted by Crippen LogP contribution is -1.93. The molecule has 0 aliphatic heterocycles. The third-order valence-electron chi connectivity index (χ3n) is 6.28. The third kappa shape index (κ3) is 2.39. The standard InChI is InChI=1S/C29H18N2O/c1-4-10-25-22(7-1)23-8-2-5-11-26(23)31(25)20-15-13-19(14-16-20)21-17-18-30-28-24-9-3-6-12-27(24)32-29(21)28/h1-18H. The summed E-state index contributed by atoms with van der Waals surface area (Å²) < 4.78 is 8.52. The lowest BCUT2D eigenvalue weighted by molar-refractivity contribution is 0.669. The predicted octanol–water partition coefficient (Wildman–Crippen LogP) is 7.75. The van der Waals surface area contributed by atoms with E-state index in [1.807, 2.05) is 30.5 Å². The van der Waals surface area contributed by atoms with Crippen molar-refractivity contribution in [3.63, 3.8) is 0 Å². The topological polar surface area (TPSA) is 31.0 Å². The fourth-order valence-electron chi connectivity index (χ4n) is 4.82. The van der Waals surface area contributed by atoms with Crippen molar-refractivity contribution in [2.45, 2.75) is 0 Å². The van der Waals surface area contributed by atoms with Gasteiger partial charge in [0, 0.05) is 33.6 Å². The average molecular weight is 410 g/mol. The highest BCUT2D eigenvalue weighted by Crippen LogP contribution is 2.36. The normalized spacial score (nSPS) is 11.8. The number of nitrogens with zero attached hydrogens (tertiary/aromatic N) is 2. The van der Waals surface area contributed by atoms with E-state index < -0.39 is 0 Å². The van der Waals surface area contributed by atoms with Gasteiger partial charge in [0.25, 0.3) is 0 Å². The molecule has 0 spiro atoms. The number of pyridine rings is 1. The molecular weight excluding hydrogens is 392 g/mol. The minimum atomic E-state index is 0.832. The Morgan fingerprint density at radius 3 is 1.94 bits per heavy atom. The Labute approximate surface area is 184 Å². The summed E-state index contributed by atoms with van der Waals surface area (Å²) in [6.07, 6.45) is 1.86. The average Bonchev–Trinajstić information content (AvgIpc) is 3.40. The summed E-state index contributed by atoms with van der Waals surface area (Å²) in [6, 6.07) is 35.9. The summed E-state index contributed by atoms with van der Waals surface area (Å²) in [4.78, 5) is 4.58. The molecule has 7 rings (SSSR count). The maximum Gasteiger partial charge on any atom is 0.161 e. The summed E-state index contributed by atoms with van der Waals surface area (Å²) in [5, 5.41) is 3.59. The maximum atomic E-state index is 6.19. The second kappa shape index (κ2) is 6.56. The number of furan rings is 1. The highest BCUT2D eigenvalue weighted by atomic mass is 16.3. The minimum Gasteiger partial charge on any atom is -0.454 e. The summed E-state index contributed by atoms with van der Waals surface area (Å²) >= 11 is 0. The Bertz CT molecular complexity index is 1720. The van der Waals surface area contributed by atoms with E-state index in [9.17, 15) is 0 Å². The van der Waals surface area contributed by atoms with E-state index in [0.29, 0.717) is 0 Å². The van der Waals surface area contributed by atoms with Crippen LogP contribution in [0.5, 0.6) is 0 Å². The lowest BCUT2D eigenvalue weighted by Gasteiger charge is -2.09. The quantitative estimate of drug-likeness (QED) is 0.292. The van der Waals surface area contributed by atoms with Crippen molar-refractivity contribution in [2.24, 2.45) is 0 Å². The molecule has 3 heterocycles. The summed E-state index contributed by atoms with van der Waals surface area (Å²) in [5.41, 5.74) is 8.34. The number of rotatable bonds is 2. The van der Waals surface area contributed by atoms with Crippen LogP contribution in [-0.2, 0) is 0 Å². The van der Waals surface area contributed by atoms with Gasteiger partial charge in [-0.2, -0.15) is 0 Å². The molecule has 32 heavy (non-hydrogen) atoms. The van der Waals surface area contributed by atoms with Gasteiger partial charge in [-0.3, -0.25) is 4.98 Å². The fourth-order valence-corrected chi connectivity index (χ4v) is 4.82. The van der Waals surface area contributed by atoms with E-state index in [0.717, 1.165) is 38.9 Å². The van der Waals surface area contributed by atoms with Crippen LogP contribution < -0.4 is 0 Å². The van der Waals surface area contributed by atoms with Gasteiger partial charge in [0.2, 0.25) is 0 Å². The van der Waals surface area contributed by atoms with Crippen molar-refractivity contribution in [1.29, 1.82) is 0 Å². The summed E-state index contributed by atoms with van der Waals surface area (Å²) in [6.45, 7) is 0. The lowest BCUT2D eigenvalue weighted by atomic mass is 10.0. The Kier molecular flexibility index (Phi) is 3.55. The van der Waals surface area contributed by atoms with Gasteiger partial charge in [-0.25, -0.2) is 0 Å². The summed E-state index contributed by atoms with van der Waals surface area (Å²) in [5.74, 6) is 0. The largest absolute Gasteiger partial charge is 0.454 e. The van der Waals surface area contributed by atoms with Crippen LogP contribution in [0.2, 0.25) is 0 Å². The van der Waals surface area contributed by atoms with Gasteiger partial charge < -0.3 is 8.98 Å². The van der Waals surface area contributed by atoms with Gasteiger partial charge in [-0.05, 0) is 48.0 Å². The molecule has 0 radical (unpaired) electrons. The van der Waals surface area contributed by atoms with E-state index >= 15 is 0 Å². The first-order valence-electron chi connectivity index (χ1n) is 10.7. The number of fused-ring (bicyclic) bond motifs is 6. The molecule has 0 saturated heterocycles. The molecule has 7 aromatic rings. The van der Waals surface area contributed by atoms with Gasteiger partial charge in [-0.15, -0.1) is 0 Å². The second-order valence-corrected chi connectivity index (χ2v) is 8.05. The maximum absolute atomic E-state index is 6.19. The predicted molar refractivity (Wildman–Crippen MR) is 131 cm³/mol. The molecule has 0 bridgehead atoms. The van der Waals surface area contributed by atoms with Gasteiger partial charge in [0.05, 0.1) is 11.0 Å². The van der Waals surface area contributed by atoms with Gasteiger partial charge in [0.15, 0.2) is 5.58 Å². The van der Waals surface area contributed by atoms with E-state index in [4.69, 9.17) is 4.42 Å². The molecule has 0 unspecified atom stereocenters. The number of aromatic nitrogens is 2. The zero-order chi connectivity index (χ0) is 21.1. The first-order valence-corrected chi connectivity index (χ1v) is 10.7. The molecule has 4 aromatic carbocycles. The molecule has 0 aliphatic carbocycles. The zero-order valence-corrected chi connectivity index (χ0v) is 17.2. The highest BCUT2D eigenvalue weighted by molar-refractivity contribution is 6.09. The number of para-hydroxylation sites is 3. The molecule has 0 amide bonds. The molecular formula is C29H18N2O. The molecule has 150 valence electrons. The highest BCUT2D eigenvalue weighted by Gasteiger charge is 2.14. The number of hydrogen-bond acceptors (Lipinski definition) is 2. The SMILES string of the molecule is c1ccc2c(c1)oc1c(-c3ccc(-n4c5ccccc5c5ccccc54)cc3)ccnc12. The van der Waals surface area contributed by atoms with Crippen LogP contribution in [-0.4, -0.2) is 9.55 Å². The second-order valence-electron chi connectivity index (χ2n) is 8.05. The van der Waals surface area contributed by atoms with Crippen molar-refractivity contribution in [3.8, 4) is 16.8 Å². The molecule has 3 aromatic heterocycles. The fraction of sp³-hybridized carbons (Fsp3) is 0. The van der Waals surface area contributed by atoms with Crippen LogP contribution in [0, 0.1) is 0 Å². The van der Waals surface area contributed by atoms with Crippen LogP contribution in [0.1, 0.15) is 0 Å². The molecule has 3 nitrogen and oxygen atoms in total. The van der Waals surface area contributed by atoms with E-state index in [2.05, 4.69) is 88.4 Å². The third-order valence-corrected chi connectivity index (χ3v) is 6.28. The van der Waals surface area contributed by atoms with Crippen molar-refractivity contribution < 1.29 is 4.42 Å². The van der Waals surface area contributed by atoms with E-state index in [1.165, 1.54) is 21.8 Å². The first kappa shape index (κ1) is 17.3. The molecule has 0 aliphatic rings. The van der Waals surface area contributed by atoms with Crippen molar-refractivity contribution in [3.05, 3.63) is 109 Å². The Morgan fingerprint density at radius 2 is 1.22 bits per heavy atom. The van der Waals surface area contributed by atoms with Gasteiger partial charge in [-0.1, -0.05) is 60.7 Å². The molecule has 0 fully saturated rings. The Hall–Kier alpha value is -4.37. The van der Waals surface area contributed by atoms with E-state index in [1.54, 1.807) is 0 Å². The molecule has 3 heteroatoms. The number of hydrogen-bond donors (Lipinski definition) is 0. The summed E-state index contributed by atoms with van der Waals surface area (Å²) in [7, 11) is 0. The van der Waals surface area contributed by atoms with Gasteiger partial charge >= 0.3 is 0 Å². The monoisotopic (exact) mass is 410 g/mol. The van der Waals surface area contributed by atoms with Gasteiger partial charge in [0.1, 0.15) is 11.1 Å². The van der Waals surface area contributed by atoms with E-state index in [-0.39, 0.29) is 0 Å². The van der Waals surface area contributed by atoms with Crippen molar-refractivity contribution >= 4 is 43.9 Å². The van der Waals surface area contributed by atoms with Crippen molar-refractivity contribution in [2.75, 3.05) is 0 Å². The molecule has 0 atom stereocenters. The van der Waals surface area contributed by atoms with Crippen LogP contribution in [0.15, 0.2) is 114 Å². The number of benzene rings is 4. The molecule has 0 N–H and O–H groups in total. The minimum absolute atomic E-state index is 0.832.